The summed E-state index contributed by atoms with van der Waals surface area (Å²) in [7, 11) is 0. The zero-order valence-corrected chi connectivity index (χ0v) is 8.58. The van der Waals surface area contributed by atoms with Gasteiger partial charge in [-0.15, -0.1) is 0 Å². The first-order chi connectivity index (χ1) is 7.36. The summed E-state index contributed by atoms with van der Waals surface area (Å²) < 4.78 is 18.7. The molecule has 1 N–H and O–H groups in total. The summed E-state index contributed by atoms with van der Waals surface area (Å²) in [4.78, 5) is 3.92. The Bertz CT molecular complexity index is 313. The standard InChI is InChI=1S/C11H15FN2O/c12-10-5-3-6-13-11(10)14-8-9-4-1-2-7-15-9/h3,5-6,9H,1-2,4,7-8H2,(H,13,14). The second kappa shape index (κ2) is 5.07. The average molecular weight is 210 g/mol. The van der Waals surface area contributed by atoms with Crippen LogP contribution in [0.3, 0.4) is 0 Å². The topological polar surface area (TPSA) is 34.2 Å². The van der Waals surface area contributed by atoms with Crippen LogP contribution in [-0.2, 0) is 4.74 Å². The monoisotopic (exact) mass is 210 g/mol. The van der Waals surface area contributed by atoms with E-state index in [2.05, 4.69) is 10.3 Å². The molecule has 0 aromatic carbocycles. The molecule has 0 spiro atoms. The van der Waals surface area contributed by atoms with E-state index in [-0.39, 0.29) is 11.9 Å². The van der Waals surface area contributed by atoms with Gasteiger partial charge in [0.1, 0.15) is 0 Å². The Morgan fingerprint density at radius 3 is 3.20 bits per heavy atom. The fourth-order valence-corrected chi connectivity index (χ4v) is 1.69. The molecule has 3 nitrogen and oxygen atoms in total. The summed E-state index contributed by atoms with van der Waals surface area (Å²) >= 11 is 0. The highest BCUT2D eigenvalue weighted by molar-refractivity contribution is 5.35. The van der Waals surface area contributed by atoms with Crippen LogP contribution in [0.4, 0.5) is 10.2 Å². The van der Waals surface area contributed by atoms with Crippen molar-refractivity contribution in [3.8, 4) is 0 Å². The maximum absolute atomic E-state index is 13.2. The molecule has 0 saturated carbocycles. The molecule has 1 unspecified atom stereocenters. The molecular weight excluding hydrogens is 195 g/mol. The zero-order valence-electron chi connectivity index (χ0n) is 8.58. The quantitative estimate of drug-likeness (QED) is 0.830. The van der Waals surface area contributed by atoms with Crippen LogP contribution in [0.5, 0.6) is 0 Å². The van der Waals surface area contributed by atoms with Crippen molar-refractivity contribution in [3.63, 3.8) is 0 Å². The number of hydrogen-bond acceptors (Lipinski definition) is 3. The van der Waals surface area contributed by atoms with Gasteiger partial charge >= 0.3 is 0 Å². The molecule has 2 rings (SSSR count). The molecule has 1 aromatic heterocycles. The van der Waals surface area contributed by atoms with Crippen LogP contribution < -0.4 is 5.32 Å². The number of halogens is 1. The summed E-state index contributed by atoms with van der Waals surface area (Å²) in [5.74, 6) is -0.0000158. The number of ether oxygens (including phenoxy) is 1. The average Bonchev–Trinajstić information content (AvgIpc) is 2.29. The van der Waals surface area contributed by atoms with Gasteiger partial charge in [-0.3, -0.25) is 0 Å². The highest BCUT2D eigenvalue weighted by Crippen LogP contribution is 2.14. The molecule has 4 heteroatoms. The van der Waals surface area contributed by atoms with E-state index >= 15 is 0 Å². The highest BCUT2D eigenvalue weighted by atomic mass is 19.1. The third-order valence-electron chi connectivity index (χ3n) is 2.53. The lowest BCUT2D eigenvalue weighted by Crippen LogP contribution is -2.27. The Morgan fingerprint density at radius 1 is 1.53 bits per heavy atom. The second-order valence-corrected chi connectivity index (χ2v) is 3.70. The second-order valence-electron chi connectivity index (χ2n) is 3.70. The SMILES string of the molecule is Fc1cccnc1NCC1CCCCO1. The van der Waals surface area contributed by atoms with Gasteiger partial charge in [-0.05, 0) is 31.4 Å². The summed E-state index contributed by atoms with van der Waals surface area (Å²) in [6.45, 7) is 1.45. The van der Waals surface area contributed by atoms with Gasteiger partial charge in [0.15, 0.2) is 11.6 Å². The van der Waals surface area contributed by atoms with Crippen molar-refractivity contribution >= 4 is 5.82 Å². The molecule has 1 aromatic rings. The minimum atomic E-state index is -0.312. The van der Waals surface area contributed by atoms with E-state index in [1.807, 2.05) is 0 Å². The fraction of sp³-hybridized carbons (Fsp3) is 0.545. The van der Waals surface area contributed by atoms with E-state index in [1.165, 1.54) is 12.5 Å². The summed E-state index contributed by atoms with van der Waals surface area (Å²) in [5.41, 5.74) is 0. The molecule has 1 atom stereocenters. The zero-order chi connectivity index (χ0) is 10.5. The van der Waals surface area contributed by atoms with Crippen molar-refractivity contribution in [3.05, 3.63) is 24.1 Å². The normalized spacial score (nSPS) is 21.3. The van der Waals surface area contributed by atoms with Gasteiger partial charge in [0.25, 0.3) is 0 Å². The number of rotatable bonds is 3. The molecule has 82 valence electrons. The van der Waals surface area contributed by atoms with E-state index in [0.717, 1.165) is 19.4 Å². The Kier molecular flexibility index (Phi) is 3.50. The summed E-state index contributed by atoms with van der Waals surface area (Å²) in [6.07, 6.45) is 5.14. The molecule has 1 fully saturated rings. The maximum atomic E-state index is 13.2. The third kappa shape index (κ3) is 2.89. The predicted octanol–water partition coefficient (Wildman–Crippen LogP) is 2.20. The minimum Gasteiger partial charge on any atom is -0.376 e. The molecule has 2 heterocycles. The Balaban J connectivity index is 1.84. The van der Waals surface area contributed by atoms with Gasteiger partial charge in [0.2, 0.25) is 0 Å². The van der Waals surface area contributed by atoms with Crippen LogP contribution in [0.2, 0.25) is 0 Å². The number of nitrogens with one attached hydrogen (secondary N) is 1. The first-order valence-electron chi connectivity index (χ1n) is 5.32. The van der Waals surface area contributed by atoms with Crippen molar-refractivity contribution in [1.82, 2.24) is 4.98 Å². The lowest BCUT2D eigenvalue weighted by atomic mass is 10.1. The van der Waals surface area contributed by atoms with Crippen molar-refractivity contribution in [1.29, 1.82) is 0 Å². The van der Waals surface area contributed by atoms with Crippen molar-refractivity contribution in [2.24, 2.45) is 0 Å². The van der Waals surface area contributed by atoms with Crippen LogP contribution in [0.25, 0.3) is 0 Å². The molecular formula is C11H15FN2O. The van der Waals surface area contributed by atoms with Crippen LogP contribution in [-0.4, -0.2) is 24.2 Å². The van der Waals surface area contributed by atoms with Crippen LogP contribution in [0, 0.1) is 5.82 Å². The predicted molar refractivity (Wildman–Crippen MR) is 56.3 cm³/mol. The van der Waals surface area contributed by atoms with Crippen LogP contribution in [0.1, 0.15) is 19.3 Å². The van der Waals surface area contributed by atoms with E-state index in [9.17, 15) is 4.39 Å². The van der Waals surface area contributed by atoms with E-state index in [0.29, 0.717) is 12.4 Å². The molecule has 1 aliphatic heterocycles. The van der Waals surface area contributed by atoms with Crippen molar-refractivity contribution in [2.75, 3.05) is 18.5 Å². The maximum Gasteiger partial charge on any atom is 0.165 e. The van der Waals surface area contributed by atoms with Gasteiger partial charge in [-0.1, -0.05) is 0 Å². The smallest absolute Gasteiger partial charge is 0.165 e. The van der Waals surface area contributed by atoms with Gasteiger partial charge < -0.3 is 10.1 Å². The molecule has 1 aliphatic rings. The number of aromatic nitrogens is 1. The molecule has 0 aliphatic carbocycles. The third-order valence-corrected chi connectivity index (χ3v) is 2.53. The summed E-state index contributed by atoms with van der Waals surface area (Å²) in [6, 6.07) is 2.98. The number of hydrogen-bond donors (Lipinski definition) is 1. The Labute approximate surface area is 88.7 Å². The van der Waals surface area contributed by atoms with Gasteiger partial charge in [-0.2, -0.15) is 0 Å². The fourth-order valence-electron chi connectivity index (χ4n) is 1.69. The molecule has 15 heavy (non-hydrogen) atoms. The van der Waals surface area contributed by atoms with E-state index in [1.54, 1.807) is 12.3 Å². The first kappa shape index (κ1) is 10.4. The van der Waals surface area contributed by atoms with E-state index < -0.39 is 0 Å². The minimum absolute atomic E-state index is 0.195. The lowest BCUT2D eigenvalue weighted by Gasteiger charge is -2.22. The van der Waals surface area contributed by atoms with Crippen LogP contribution >= 0.6 is 0 Å². The lowest BCUT2D eigenvalue weighted by molar-refractivity contribution is 0.0247. The molecule has 0 radical (unpaired) electrons. The van der Waals surface area contributed by atoms with E-state index in [4.69, 9.17) is 4.74 Å². The highest BCUT2D eigenvalue weighted by Gasteiger charge is 2.14. The Morgan fingerprint density at radius 2 is 2.47 bits per heavy atom. The number of pyridine rings is 1. The van der Waals surface area contributed by atoms with Gasteiger partial charge in [0, 0.05) is 19.3 Å². The molecule has 0 amide bonds. The molecule has 1 saturated heterocycles. The van der Waals surface area contributed by atoms with Gasteiger partial charge in [0.05, 0.1) is 6.10 Å². The van der Waals surface area contributed by atoms with Crippen molar-refractivity contribution in [2.45, 2.75) is 25.4 Å². The largest absolute Gasteiger partial charge is 0.376 e. The van der Waals surface area contributed by atoms with Gasteiger partial charge in [-0.25, -0.2) is 9.37 Å². The number of anilines is 1. The molecule has 0 bridgehead atoms. The summed E-state index contributed by atoms with van der Waals surface area (Å²) in [5, 5.41) is 2.97. The first-order valence-corrected chi connectivity index (χ1v) is 5.32. The van der Waals surface area contributed by atoms with Crippen molar-refractivity contribution < 1.29 is 9.13 Å². The number of nitrogens with zero attached hydrogens (tertiary/aromatic N) is 1. The van der Waals surface area contributed by atoms with Crippen LogP contribution in [0.15, 0.2) is 18.3 Å². The Hall–Kier alpha value is -1.16.